The quantitative estimate of drug-likeness (QED) is 0.840. The highest BCUT2D eigenvalue weighted by molar-refractivity contribution is 6.01. The van der Waals surface area contributed by atoms with E-state index in [1.165, 1.54) is 0 Å². The number of hydrogen-bond donors (Lipinski definition) is 1. The van der Waals surface area contributed by atoms with Crippen LogP contribution in [-0.2, 0) is 4.79 Å². The number of rotatable bonds is 2. The molecule has 0 spiro atoms. The Kier molecular flexibility index (Phi) is 2.49. The number of aromatic nitrogens is 1. The van der Waals surface area contributed by atoms with Crippen LogP contribution in [-0.4, -0.2) is 23.7 Å². The van der Waals surface area contributed by atoms with E-state index in [0.717, 1.165) is 35.8 Å². The lowest BCUT2D eigenvalue weighted by molar-refractivity contribution is -0.123. The summed E-state index contributed by atoms with van der Waals surface area (Å²) >= 11 is 0. The molecule has 1 saturated heterocycles. The topological polar surface area (TPSA) is 53.2 Å². The largest absolute Gasteiger partial charge is 0.352 e. The number of nitrogens with one attached hydrogen (secondary N) is 1. The smallest absolute Gasteiger partial charge is 0.232 e. The fourth-order valence-corrected chi connectivity index (χ4v) is 2.59. The van der Waals surface area contributed by atoms with Gasteiger partial charge in [0.25, 0.3) is 0 Å². The second-order valence-electron chi connectivity index (χ2n) is 5.70. The van der Waals surface area contributed by atoms with Crippen molar-refractivity contribution < 1.29 is 9.59 Å². The third-order valence-electron chi connectivity index (χ3n) is 3.85. The molecule has 1 aromatic carbocycles. The summed E-state index contributed by atoms with van der Waals surface area (Å²) in [5.41, 5.74) is 2.10. The molecule has 0 unspecified atom stereocenters. The van der Waals surface area contributed by atoms with Gasteiger partial charge in [-0.25, -0.2) is 0 Å². The van der Waals surface area contributed by atoms with Gasteiger partial charge in [-0.3, -0.25) is 9.59 Å². The van der Waals surface area contributed by atoms with E-state index in [2.05, 4.69) is 4.98 Å². The van der Waals surface area contributed by atoms with Gasteiger partial charge in [-0.15, -0.1) is 0 Å². The number of anilines is 1. The number of nitrogens with zero attached hydrogens (tertiary/aromatic N) is 1. The third kappa shape index (κ3) is 1.84. The van der Waals surface area contributed by atoms with Crippen LogP contribution in [0.15, 0.2) is 24.3 Å². The number of amides is 1. The van der Waals surface area contributed by atoms with Crippen LogP contribution in [0.25, 0.3) is 10.9 Å². The lowest BCUT2D eigenvalue weighted by Crippen LogP contribution is -2.30. The molecule has 1 fully saturated rings. The first-order valence-corrected chi connectivity index (χ1v) is 6.41. The molecule has 1 N–H and O–H groups in total. The Hall–Kier alpha value is -2.10. The fourth-order valence-electron chi connectivity index (χ4n) is 2.59. The summed E-state index contributed by atoms with van der Waals surface area (Å²) in [6.45, 7) is 4.71. The number of H-pyrrole nitrogens is 1. The summed E-state index contributed by atoms with van der Waals surface area (Å²) in [5, 5.41) is 0.956. The van der Waals surface area contributed by atoms with E-state index >= 15 is 0 Å². The molecule has 4 nitrogen and oxygen atoms in total. The van der Waals surface area contributed by atoms with Crippen molar-refractivity contribution in [3.05, 3.63) is 30.0 Å². The molecule has 0 saturated carbocycles. The van der Waals surface area contributed by atoms with Gasteiger partial charge < -0.3 is 9.88 Å². The Bertz CT molecular complexity index is 670. The van der Waals surface area contributed by atoms with Gasteiger partial charge in [0.1, 0.15) is 0 Å². The fraction of sp³-hybridized carbons (Fsp3) is 0.333. The molecule has 0 radical (unpaired) electrons. The first-order chi connectivity index (χ1) is 9.01. The van der Waals surface area contributed by atoms with Gasteiger partial charge in [-0.05, 0) is 30.7 Å². The Balaban J connectivity index is 2.02. The highest BCUT2D eigenvalue weighted by Gasteiger charge is 2.39. The van der Waals surface area contributed by atoms with Crippen molar-refractivity contribution in [2.24, 2.45) is 5.41 Å². The van der Waals surface area contributed by atoms with Crippen molar-refractivity contribution in [3.8, 4) is 0 Å². The molecule has 1 aliphatic heterocycles. The number of carbonyl (C=O) groups excluding carboxylic acids is 2. The highest BCUT2D eigenvalue weighted by atomic mass is 16.2. The van der Waals surface area contributed by atoms with Gasteiger partial charge in [-0.1, -0.05) is 13.8 Å². The van der Waals surface area contributed by atoms with E-state index in [9.17, 15) is 9.59 Å². The van der Waals surface area contributed by atoms with E-state index in [0.29, 0.717) is 5.69 Å². The maximum atomic E-state index is 12.3. The monoisotopic (exact) mass is 256 g/mol. The molecular formula is C15H16N2O2. The van der Waals surface area contributed by atoms with Crippen molar-refractivity contribution >= 4 is 28.8 Å². The van der Waals surface area contributed by atoms with Gasteiger partial charge >= 0.3 is 0 Å². The summed E-state index contributed by atoms with van der Waals surface area (Å²) in [7, 11) is 0. The third-order valence-corrected chi connectivity index (χ3v) is 3.85. The number of fused-ring (bicyclic) bond motifs is 1. The van der Waals surface area contributed by atoms with Crippen LogP contribution in [0, 0.1) is 5.41 Å². The van der Waals surface area contributed by atoms with E-state index in [-0.39, 0.29) is 11.3 Å². The average molecular weight is 256 g/mol. The molecule has 98 valence electrons. The summed E-state index contributed by atoms with van der Waals surface area (Å²) in [4.78, 5) is 27.9. The SMILES string of the molecule is CC1(C)CCN(c2ccc3[nH]c(C=O)cc3c2)C1=O. The number of hydrogen-bond acceptors (Lipinski definition) is 2. The van der Waals surface area contributed by atoms with Crippen molar-refractivity contribution in [1.29, 1.82) is 0 Å². The van der Waals surface area contributed by atoms with Gasteiger partial charge in [0.2, 0.25) is 5.91 Å². The molecule has 0 atom stereocenters. The number of carbonyl (C=O) groups is 2. The summed E-state index contributed by atoms with van der Waals surface area (Å²) < 4.78 is 0. The van der Waals surface area contributed by atoms with Crippen molar-refractivity contribution in [3.63, 3.8) is 0 Å². The number of aromatic amines is 1. The lowest BCUT2D eigenvalue weighted by atomic mass is 9.92. The molecule has 2 heterocycles. The minimum absolute atomic E-state index is 0.165. The summed E-state index contributed by atoms with van der Waals surface area (Å²) in [6, 6.07) is 7.60. The van der Waals surface area contributed by atoms with Crippen LogP contribution in [0.1, 0.15) is 30.8 Å². The van der Waals surface area contributed by atoms with Crippen molar-refractivity contribution in [2.45, 2.75) is 20.3 Å². The zero-order valence-electron chi connectivity index (χ0n) is 11.1. The Morgan fingerprint density at radius 3 is 2.74 bits per heavy atom. The zero-order valence-corrected chi connectivity index (χ0v) is 11.1. The summed E-state index contributed by atoms with van der Waals surface area (Å²) in [6.07, 6.45) is 1.67. The predicted octanol–water partition coefficient (Wildman–Crippen LogP) is 2.74. The summed E-state index contributed by atoms with van der Waals surface area (Å²) in [5.74, 6) is 0.165. The van der Waals surface area contributed by atoms with Crippen LogP contribution in [0.5, 0.6) is 0 Å². The van der Waals surface area contributed by atoms with Gasteiger partial charge in [-0.2, -0.15) is 0 Å². The average Bonchev–Trinajstić information content (AvgIpc) is 2.91. The standard InChI is InChI=1S/C15H16N2O2/c1-15(2)5-6-17(14(15)19)12-3-4-13-10(8-12)7-11(9-18)16-13/h3-4,7-9,16H,5-6H2,1-2H3. The Morgan fingerprint density at radius 1 is 1.32 bits per heavy atom. The van der Waals surface area contributed by atoms with Crippen LogP contribution >= 0.6 is 0 Å². The van der Waals surface area contributed by atoms with E-state index in [1.54, 1.807) is 6.07 Å². The van der Waals surface area contributed by atoms with E-state index in [1.807, 2.05) is 36.9 Å². The zero-order chi connectivity index (χ0) is 13.6. The molecule has 1 aromatic heterocycles. The van der Waals surface area contributed by atoms with Gasteiger partial charge in [0.15, 0.2) is 6.29 Å². The minimum atomic E-state index is -0.277. The molecule has 2 aromatic rings. The predicted molar refractivity (Wildman–Crippen MR) is 74.4 cm³/mol. The maximum Gasteiger partial charge on any atom is 0.232 e. The van der Waals surface area contributed by atoms with Crippen LogP contribution in [0.4, 0.5) is 5.69 Å². The van der Waals surface area contributed by atoms with Crippen LogP contribution in [0.3, 0.4) is 0 Å². The van der Waals surface area contributed by atoms with Gasteiger partial charge in [0.05, 0.1) is 5.69 Å². The maximum absolute atomic E-state index is 12.3. The van der Waals surface area contributed by atoms with E-state index in [4.69, 9.17) is 0 Å². The number of benzene rings is 1. The minimum Gasteiger partial charge on any atom is -0.352 e. The lowest BCUT2D eigenvalue weighted by Gasteiger charge is -2.19. The van der Waals surface area contributed by atoms with Crippen molar-refractivity contribution in [1.82, 2.24) is 4.98 Å². The molecular weight excluding hydrogens is 240 g/mol. The van der Waals surface area contributed by atoms with Gasteiger partial charge in [0, 0.05) is 28.6 Å². The highest BCUT2D eigenvalue weighted by Crippen LogP contribution is 2.35. The molecule has 0 bridgehead atoms. The van der Waals surface area contributed by atoms with Crippen LogP contribution in [0.2, 0.25) is 0 Å². The van der Waals surface area contributed by atoms with Crippen molar-refractivity contribution in [2.75, 3.05) is 11.4 Å². The molecule has 1 aliphatic rings. The van der Waals surface area contributed by atoms with E-state index < -0.39 is 0 Å². The molecule has 19 heavy (non-hydrogen) atoms. The first-order valence-electron chi connectivity index (χ1n) is 6.41. The number of aldehydes is 1. The first kappa shape index (κ1) is 12.0. The van der Waals surface area contributed by atoms with Crippen LogP contribution < -0.4 is 4.90 Å². The second-order valence-corrected chi connectivity index (χ2v) is 5.70. The Morgan fingerprint density at radius 2 is 2.11 bits per heavy atom. The molecule has 1 amide bonds. The Labute approximate surface area is 111 Å². The normalized spacial score (nSPS) is 18.2. The molecule has 4 heteroatoms. The second kappa shape index (κ2) is 3.95. The molecule has 3 rings (SSSR count). The molecule has 0 aliphatic carbocycles.